The molecule has 0 bridgehead atoms. The second kappa shape index (κ2) is 4.45. The van der Waals surface area contributed by atoms with Crippen molar-refractivity contribution in [1.82, 2.24) is 4.67 Å². The number of nitrogens with zero attached hydrogens (tertiary/aromatic N) is 1. The average Bonchev–Trinajstić information content (AvgIpc) is 1.90. The normalized spacial score (nSPS) is 17.3. The fraction of sp³-hybridized carbons (Fsp3) is 1.00. The van der Waals surface area contributed by atoms with Crippen LogP contribution in [0, 0.1) is 0 Å². The molecule has 0 aromatic heterocycles. The second-order valence-corrected chi connectivity index (χ2v) is 6.40. The van der Waals surface area contributed by atoms with Gasteiger partial charge in [0.15, 0.2) is 0 Å². The first-order valence-corrected chi connectivity index (χ1v) is 6.55. The van der Waals surface area contributed by atoms with Crippen molar-refractivity contribution < 1.29 is 4.89 Å². The van der Waals surface area contributed by atoms with Crippen LogP contribution in [0.15, 0.2) is 0 Å². The summed E-state index contributed by atoms with van der Waals surface area (Å²) < 4.78 is 1.97. The zero-order valence-electron chi connectivity index (χ0n) is 6.87. The molecule has 0 aromatic carbocycles. The van der Waals surface area contributed by atoms with Crippen molar-refractivity contribution in [1.29, 1.82) is 0 Å². The molecule has 10 heavy (non-hydrogen) atoms. The Labute approximate surface area is 68.4 Å². The fourth-order valence-corrected chi connectivity index (χ4v) is 2.84. The number of hydrogen-bond acceptors (Lipinski definition) is 1. The van der Waals surface area contributed by atoms with E-state index in [1.165, 1.54) is 0 Å². The van der Waals surface area contributed by atoms with Crippen LogP contribution in [0.1, 0.15) is 20.8 Å². The highest BCUT2D eigenvalue weighted by Gasteiger charge is 2.16. The average molecular weight is 181 g/mol. The Balaban J connectivity index is 4.12. The Morgan fingerprint density at radius 1 is 1.30 bits per heavy atom. The van der Waals surface area contributed by atoms with Gasteiger partial charge in [-0.3, -0.25) is 4.67 Å². The third-order valence-electron chi connectivity index (χ3n) is 1.58. The molecule has 1 N–H and O–H groups in total. The summed E-state index contributed by atoms with van der Waals surface area (Å²) in [5, 5.41) is 0. The first-order valence-electron chi connectivity index (χ1n) is 3.65. The first kappa shape index (κ1) is 10.6. The van der Waals surface area contributed by atoms with Crippen molar-refractivity contribution in [2.75, 3.05) is 19.3 Å². The van der Waals surface area contributed by atoms with Crippen molar-refractivity contribution in [2.24, 2.45) is 0 Å². The molecule has 0 radical (unpaired) electrons. The lowest BCUT2D eigenvalue weighted by Gasteiger charge is -2.27. The van der Waals surface area contributed by atoms with Crippen LogP contribution in [0.3, 0.4) is 0 Å². The van der Waals surface area contributed by atoms with E-state index >= 15 is 0 Å². The molecule has 0 aliphatic heterocycles. The smallest absolute Gasteiger partial charge is 0.129 e. The fourth-order valence-electron chi connectivity index (χ4n) is 0.866. The summed E-state index contributed by atoms with van der Waals surface area (Å²) >= 11 is 5.06. The van der Waals surface area contributed by atoms with Crippen LogP contribution in [-0.4, -0.2) is 28.8 Å². The van der Waals surface area contributed by atoms with Gasteiger partial charge in [-0.1, -0.05) is 32.6 Å². The third-order valence-corrected chi connectivity index (χ3v) is 5.32. The van der Waals surface area contributed by atoms with E-state index in [0.717, 1.165) is 13.1 Å². The third kappa shape index (κ3) is 2.67. The van der Waals surface area contributed by atoms with Gasteiger partial charge in [0.05, 0.1) is 0 Å². The molecule has 4 heteroatoms. The van der Waals surface area contributed by atoms with E-state index in [1.807, 2.05) is 25.4 Å². The minimum atomic E-state index is -2.12. The molecule has 0 aliphatic carbocycles. The molecule has 0 heterocycles. The van der Waals surface area contributed by atoms with E-state index in [0.29, 0.717) is 6.16 Å². The Morgan fingerprint density at radius 2 is 1.70 bits per heavy atom. The van der Waals surface area contributed by atoms with E-state index in [2.05, 4.69) is 0 Å². The standard InChI is InChI=1S/C6H16NOPS/c1-4-7(5-2)9(8,10)6-3/h4-6H2,1-3H3,(H,8,10). The Kier molecular flexibility index (Phi) is 4.70. The lowest BCUT2D eigenvalue weighted by molar-refractivity contribution is 0.440. The maximum absolute atomic E-state index is 9.63. The highest BCUT2D eigenvalue weighted by atomic mass is 32.4. The van der Waals surface area contributed by atoms with Crippen molar-refractivity contribution >= 4 is 18.2 Å². The summed E-state index contributed by atoms with van der Waals surface area (Å²) in [6.07, 6.45) is -1.40. The molecular weight excluding hydrogens is 165 g/mol. The zero-order chi connectivity index (χ0) is 8.20. The minimum Gasteiger partial charge on any atom is -0.354 e. The molecule has 0 spiro atoms. The summed E-state index contributed by atoms with van der Waals surface area (Å²) in [7, 11) is 0. The van der Waals surface area contributed by atoms with Gasteiger partial charge in [0.2, 0.25) is 0 Å². The van der Waals surface area contributed by atoms with E-state index in [9.17, 15) is 4.89 Å². The van der Waals surface area contributed by atoms with Crippen LogP contribution in [0.25, 0.3) is 0 Å². The molecule has 0 saturated carbocycles. The molecule has 0 amide bonds. The lowest BCUT2D eigenvalue weighted by Crippen LogP contribution is -2.20. The molecule has 62 valence electrons. The van der Waals surface area contributed by atoms with Crippen LogP contribution >= 0.6 is 6.42 Å². The van der Waals surface area contributed by atoms with Crippen LogP contribution < -0.4 is 0 Å². The molecule has 0 fully saturated rings. The van der Waals surface area contributed by atoms with Crippen LogP contribution in [0.2, 0.25) is 0 Å². The van der Waals surface area contributed by atoms with Crippen LogP contribution in [0.4, 0.5) is 0 Å². The molecule has 1 atom stereocenters. The van der Waals surface area contributed by atoms with E-state index in [1.54, 1.807) is 0 Å². The predicted molar refractivity (Wildman–Crippen MR) is 50.0 cm³/mol. The van der Waals surface area contributed by atoms with Gasteiger partial charge in [0, 0.05) is 19.3 Å². The highest BCUT2D eigenvalue weighted by Crippen LogP contribution is 2.44. The van der Waals surface area contributed by atoms with Gasteiger partial charge in [-0.15, -0.1) is 0 Å². The second-order valence-electron chi connectivity index (χ2n) is 2.12. The minimum absolute atomic E-state index is 0.712. The Hall–Kier alpha value is 0.570. The maximum atomic E-state index is 9.63. The Bertz CT molecular complexity index is 136. The van der Waals surface area contributed by atoms with Crippen molar-refractivity contribution in [3.8, 4) is 0 Å². The van der Waals surface area contributed by atoms with Crippen LogP contribution in [0.5, 0.6) is 0 Å². The molecular formula is C6H16NOPS. The summed E-state index contributed by atoms with van der Waals surface area (Å²) in [6, 6.07) is 0. The van der Waals surface area contributed by atoms with Gasteiger partial charge in [0.1, 0.15) is 6.42 Å². The topological polar surface area (TPSA) is 23.5 Å². The lowest BCUT2D eigenvalue weighted by atomic mass is 10.7. The van der Waals surface area contributed by atoms with E-state index in [-0.39, 0.29) is 0 Å². The van der Waals surface area contributed by atoms with Gasteiger partial charge in [-0.05, 0) is 0 Å². The molecule has 2 nitrogen and oxygen atoms in total. The summed E-state index contributed by atoms with van der Waals surface area (Å²) in [4.78, 5) is 9.63. The van der Waals surface area contributed by atoms with Gasteiger partial charge in [0.25, 0.3) is 0 Å². The summed E-state index contributed by atoms with van der Waals surface area (Å²) in [5.74, 6) is 0. The van der Waals surface area contributed by atoms with Crippen LogP contribution in [-0.2, 0) is 11.8 Å². The predicted octanol–water partition coefficient (Wildman–Crippen LogP) is 1.65. The Morgan fingerprint density at radius 3 is 1.80 bits per heavy atom. The van der Waals surface area contributed by atoms with Gasteiger partial charge in [-0.25, -0.2) is 0 Å². The zero-order valence-corrected chi connectivity index (χ0v) is 8.58. The van der Waals surface area contributed by atoms with E-state index in [4.69, 9.17) is 11.8 Å². The number of hydrogen-bond donors (Lipinski definition) is 1. The maximum Gasteiger partial charge on any atom is 0.129 e. The van der Waals surface area contributed by atoms with Crippen molar-refractivity contribution in [3.63, 3.8) is 0 Å². The van der Waals surface area contributed by atoms with E-state index < -0.39 is 6.42 Å². The molecule has 0 aliphatic rings. The first-order chi connectivity index (χ1) is 4.58. The largest absolute Gasteiger partial charge is 0.354 e. The van der Waals surface area contributed by atoms with Crippen molar-refractivity contribution in [2.45, 2.75) is 20.8 Å². The highest BCUT2D eigenvalue weighted by molar-refractivity contribution is 8.10. The molecule has 1 unspecified atom stereocenters. The van der Waals surface area contributed by atoms with Crippen molar-refractivity contribution in [3.05, 3.63) is 0 Å². The number of rotatable bonds is 4. The van der Waals surface area contributed by atoms with Gasteiger partial charge in [-0.2, -0.15) is 0 Å². The molecule has 0 saturated heterocycles. The van der Waals surface area contributed by atoms with Gasteiger partial charge < -0.3 is 4.89 Å². The molecule has 0 aromatic rings. The monoisotopic (exact) mass is 181 g/mol. The molecule has 0 rings (SSSR count). The van der Waals surface area contributed by atoms with Gasteiger partial charge >= 0.3 is 0 Å². The SMILES string of the molecule is CCN(CC)P(O)(=S)CC. The quantitative estimate of drug-likeness (QED) is 0.667. The summed E-state index contributed by atoms with van der Waals surface area (Å²) in [6.45, 7) is 7.71. The summed E-state index contributed by atoms with van der Waals surface area (Å²) in [5.41, 5.74) is 0.